The predicted molar refractivity (Wildman–Crippen MR) is 144 cm³/mol. The van der Waals surface area contributed by atoms with Crippen LogP contribution >= 0.6 is 0 Å². The molecule has 0 aliphatic carbocycles. The average Bonchev–Trinajstić information content (AvgIpc) is 2.85. The van der Waals surface area contributed by atoms with Crippen LogP contribution in [-0.4, -0.2) is 137 Å². The molecule has 0 bridgehead atoms. The molecule has 1 aliphatic heterocycles. The van der Waals surface area contributed by atoms with Gasteiger partial charge in [-0.25, -0.2) is 0 Å². The van der Waals surface area contributed by atoms with Gasteiger partial charge in [-0.2, -0.15) is 0 Å². The zero-order valence-corrected chi connectivity index (χ0v) is 22.8. The van der Waals surface area contributed by atoms with E-state index in [2.05, 4.69) is 11.8 Å². The van der Waals surface area contributed by atoms with Crippen LogP contribution in [0.15, 0.2) is 24.3 Å². The zero-order valence-electron chi connectivity index (χ0n) is 22.8. The van der Waals surface area contributed by atoms with Gasteiger partial charge < -0.3 is 25.0 Å². The first-order valence-corrected chi connectivity index (χ1v) is 13.5. The number of hydrogen-bond acceptors (Lipinski definition) is 8. The first-order valence-electron chi connectivity index (χ1n) is 13.5. The molecule has 0 radical (unpaired) electrons. The van der Waals surface area contributed by atoms with Crippen LogP contribution in [0.5, 0.6) is 5.75 Å². The number of likely N-dealkylation sites (N-methyl/N-ethyl adjacent to an activating group) is 1. The van der Waals surface area contributed by atoms with Gasteiger partial charge in [0.05, 0.1) is 26.2 Å². The zero-order chi connectivity index (χ0) is 27.9. The second-order valence-electron chi connectivity index (χ2n) is 9.80. The Morgan fingerprint density at radius 2 is 1.34 bits per heavy atom. The maximum absolute atomic E-state index is 11.8. The fourth-order valence-electron chi connectivity index (χ4n) is 4.65. The molecule has 0 amide bonds. The van der Waals surface area contributed by atoms with Crippen LogP contribution in [0.1, 0.15) is 32.3 Å². The van der Waals surface area contributed by atoms with Gasteiger partial charge in [0, 0.05) is 51.9 Å². The molecule has 1 aromatic rings. The van der Waals surface area contributed by atoms with E-state index in [1.165, 1.54) is 0 Å². The number of carboxylic acid groups (broad SMARTS) is 3. The summed E-state index contributed by atoms with van der Waals surface area (Å²) < 4.78 is 5.77. The minimum Gasteiger partial charge on any atom is -0.494 e. The van der Waals surface area contributed by atoms with Gasteiger partial charge in [0.25, 0.3) is 0 Å². The van der Waals surface area contributed by atoms with Crippen molar-refractivity contribution < 1.29 is 34.4 Å². The summed E-state index contributed by atoms with van der Waals surface area (Å²) in [5.41, 5.74) is 1.01. The third-order valence-corrected chi connectivity index (χ3v) is 6.82. The lowest BCUT2D eigenvalue weighted by Gasteiger charge is -2.37. The molecular weight excluding hydrogens is 492 g/mol. The minimum atomic E-state index is -0.976. The number of unbranched alkanes of at least 4 members (excludes halogenated alkanes) is 1. The number of aliphatic carboxylic acids is 3. The molecule has 3 N–H and O–H groups in total. The number of carbonyl (C=O) groups is 3. The van der Waals surface area contributed by atoms with E-state index in [0.29, 0.717) is 58.8 Å². The Kier molecular flexibility index (Phi) is 14.1. The topological polar surface area (TPSA) is 134 Å². The van der Waals surface area contributed by atoms with Crippen LogP contribution < -0.4 is 4.74 Å². The molecule has 38 heavy (non-hydrogen) atoms. The van der Waals surface area contributed by atoms with Crippen molar-refractivity contribution in [3.63, 3.8) is 0 Å². The van der Waals surface area contributed by atoms with Crippen LogP contribution in [0.4, 0.5) is 0 Å². The van der Waals surface area contributed by atoms with Crippen molar-refractivity contribution >= 4 is 17.9 Å². The van der Waals surface area contributed by atoms with E-state index >= 15 is 0 Å². The second kappa shape index (κ2) is 17.0. The van der Waals surface area contributed by atoms with Crippen LogP contribution in [0, 0.1) is 0 Å². The van der Waals surface area contributed by atoms with Crippen molar-refractivity contribution in [3.8, 4) is 5.75 Å². The molecule has 1 aromatic carbocycles. The Balaban J connectivity index is 2.30. The summed E-state index contributed by atoms with van der Waals surface area (Å²) in [5, 5.41) is 28.6. The van der Waals surface area contributed by atoms with Gasteiger partial charge in [-0.05, 0) is 37.1 Å². The Bertz CT molecular complexity index is 867. The van der Waals surface area contributed by atoms with Gasteiger partial charge in [0.15, 0.2) is 0 Å². The Hall–Kier alpha value is -2.73. The molecule has 2 rings (SSSR count). The summed E-state index contributed by atoms with van der Waals surface area (Å²) in [6.45, 7) is 8.54. The highest BCUT2D eigenvalue weighted by Gasteiger charge is 2.27. The van der Waals surface area contributed by atoms with Crippen LogP contribution in [0.25, 0.3) is 0 Å². The highest BCUT2D eigenvalue weighted by molar-refractivity contribution is 5.70. The first-order chi connectivity index (χ1) is 18.2. The summed E-state index contributed by atoms with van der Waals surface area (Å²) in [6.07, 6.45) is 2.57. The van der Waals surface area contributed by atoms with E-state index in [1.807, 2.05) is 41.0 Å². The number of nitrogens with zero attached hydrogens (tertiary/aromatic N) is 4. The summed E-state index contributed by atoms with van der Waals surface area (Å²) >= 11 is 0. The molecule has 1 atom stereocenters. The number of ether oxygens (including phenoxy) is 1. The Labute approximate surface area is 225 Å². The fraction of sp³-hybridized carbons (Fsp3) is 0.667. The third kappa shape index (κ3) is 12.2. The number of rotatable bonds is 13. The quantitative estimate of drug-likeness (QED) is 0.315. The molecule has 0 saturated carbocycles. The highest BCUT2D eigenvalue weighted by Crippen LogP contribution is 2.17. The highest BCUT2D eigenvalue weighted by atomic mass is 16.5. The first kappa shape index (κ1) is 31.5. The van der Waals surface area contributed by atoms with E-state index in [9.17, 15) is 29.7 Å². The fourth-order valence-corrected chi connectivity index (χ4v) is 4.65. The summed E-state index contributed by atoms with van der Waals surface area (Å²) in [7, 11) is 0. The van der Waals surface area contributed by atoms with Crippen molar-refractivity contribution in [3.05, 3.63) is 29.8 Å². The molecule has 11 heteroatoms. The van der Waals surface area contributed by atoms with E-state index in [0.717, 1.165) is 30.7 Å². The minimum absolute atomic E-state index is 0.111. The average molecular weight is 537 g/mol. The van der Waals surface area contributed by atoms with E-state index < -0.39 is 17.9 Å². The lowest BCUT2D eigenvalue weighted by Crippen LogP contribution is -2.53. The third-order valence-electron chi connectivity index (χ3n) is 6.82. The van der Waals surface area contributed by atoms with Crippen LogP contribution in [-0.2, 0) is 20.8 Å². The summed E-state index contributed by atoms with van der Waals surface area (Å²) in [5.74, 6) is -2.04. The monoisotopic (exact) mass is 536 g/mol. The smallest absolute Gasteiger partial charge is 0.317 e. The Morgan fingerprint density at radius 1 is 0.789 bits per heavy atom. The Morgan fingerprint density at radius 3 is 1.92 bits per heavy atom. The largest absolute Gasteiger partial charge is 0.494 e. The maximum Gasteiger partial charge on any atom is 0.317 e. The molecule has 1 fully saturated rings. The number of benzene rings is 1. The molecule has 1 aliphatic rings. The number of hydrogen-bond donors (Lipinski definition) is 3. The van der Waals surface area contributed by atoms with Crippen molar-refractivity contribution in [2.45, 2.75) is 39.2 Å². The predicted octanol–water partition coefficient (Wildman–Crippen LogP) is 1.27. The molecule has 1 heterocycles. The standard InChI is InChI=1S/C27H44N4O7/c1-3-5-16-38-24-8-6-22(7-9-24)17-23-18-30(20-26(34)35)13-12-29(19-25(32)33)11-10-28(4-2)14-15-31(23)21-27(36)37/h6-9,23H,3-5,10-21H2,1-2H3,(H,32,33)(H,34,35)(H,36,37)/t23-/m0/s1. The van der Waals surface area contributed by atoms with Gasteiger partial charge in [0.1, 0.15) is 5.75 Å². The van der Waals surface area contributed by atoms with Crippen LogP contribution in [0.2, 0.25) is 0 Å². The summed E-state index contributed by atoms with van der Waals surface area (Å²) in [6, 6.07) is 7.54. The van der Waals surface area contributed by atoms with Crippen molar-refractivity contribution in [1.82, 2.24) is 19.6 Å². The molecule has 0 aromatic heterocycles. The molecule has 0 unspecified atom stereocenters. The van der Waals surface area contributed by atoms with Crippen molar-refractivity contribution in [2.75, 3.05) is 78.6 Å². The SMILES string of the molecule is CCCCOc1ccc(C[C@H]2CN(CC(=O)O)CCN(CC(=O)O)CCN(CC)CCN2CC(=O)O)cc1. The van der Waals surface area contributed by atoms with Crippen LogP contribution in [0.3, 0.4) is 0 Å². The van der Waals surface area contributed by atoms with E-state index in [4.69, 9.17) is 4.74 Å². The molecular formula is C27H44N4O7. The number of carboxylic acids is 3. The van der Waals surface area contributed by atoms with Gasteiger partial charge in [-0.15, -0.1) is 0 Å². The van der Waals surface area contributed by atoms with Gasteiger partial charge in [-0.1, -0.05) is 32.4 Å². The van der Waals surface area contributed by atoms with Crippen molar-refractivity contribution in [1.29, 1.82) is 0 Å². The van der Waals surface area contributed by atoms with E-state index in [-0.39, 0.29) is 25.7 Å². The van der Waals surface area contributed by atoms with Gasteiger partial charge in [0.2, 0.25) is 0 Å². The second-order valence-corrected chi connectivity index (χ2v) is 9.80. The van der Waals surface area contributed by atoms with E-state index in [1.54, 1.807) is 4.90 Å². The molecule has 214 valence electrons. The lowest BCUT2D eigenvalue weighted by atomic mass is 10.0. The lowest BCUT2D eigenvalue weighted by molar-refractivity contribution is -0.141. The van der Waals surface area contributed by atoms with Gasteiger partial charge >= 0.3 is 17.9 Å². The maximum atomic E-state index is 11.8. The van der Waals surface area contributed by atoms with Crippen molar-refractivity contribution in [2.24, 2.45) is 0 Å². The summed E-state index contributed by atoms with van der Waals surface area (Å²) in [4.78, 5) is 42.7. The molecule has 11 nitrogen and oxygen atoms in total. The molecule has 0 spiro atoms. The molecule has 1 saturated heterocycles. The van der Waals surface area contributed by atoms with Gasteiger partial charge in [-0.3, -0.25) is 29.1 Å². The normalized spacial score (nSPS) is 19.4.